The van der Waals surface area contributed by atoms with Crippen LogP contribution in [-0.2, 0) is 41.2 Å². The molecular formula is C18H22N4O3S2. The van der Waals surface area contributed by atoms with Gasteiger partial charge in [-0.1, -0.05) is 6.07 Å². The summed E-state index contributed by atoms with van der Waals surface area (Å²) < 4.78 is 16.5. The van der Waals surface area contributed by atoms with Gasteiger partial charge in [-0.25, -0.2) is 19.1 Å². The quantitative estimate of drug-likeness (QED) is 0.726. The standard InChI is InChI=1S/C18H22N4O3S2/c1-18(2,24)14-9-26-17(20-14)27(19,25)22-16(23)21-15-12-5-3-4-10(12)8-11-6-7-13(11)15/h8-9,24H,3-7H2,1-2H3,(H3,19,21,22,23,25)/t27-/m1/s1. The fourth-order valence-electron chi connectivity index (χ4n) is 3.56. The number of hydrogen-bond acceptors (Lipinski definition) is 5. The molecule has 144 valence electrons. The highest BCUT2D eigenvalue weighted by Crippen LogP contribution is 2.39. The van der Waals surface area contributed by atoms with Crippen LogP contribution >= 0.6 is 11.3 Å². The third-order valence-electron chi connectivity index (χ3n) is 5.06. The van der Waals surface area contributed by atoms with Crippen LogP contribution in [0.5, 0.6) is 0 Å². The average molecular weight is 407 g/mol. The van der Waals surface area contributed by atoms with E-state index >= 15 is 0 Å². The first-order valence-corrected chi connectivity index (χ1v) is 11.3. The number of aliphatic hydroxyl groups is 1. The number of aromatic nitrogens is 1. The molecule has 4 N–H and O–H groups in total. The summed E-state index contributed by atoms with van der Waals surface area (Å²) in [6.45, 7) is 3.14. The number of hydrogen-bond donors (Lipinski definition) is 3. The molecule has 27 heavy (non-hydrogen) atoms. The number of carbonyl (C=O) groups is 1. The zero-order chi connectivity index (χ0) is 19.4. The first kappa shape index (κ1) is 18.5. The van der Waals surface area contributed by atoms with Crippen molar-refractivity contribution in [3.63, 3.8) is 0 Å². The van der Waals surface area contributed by atoms with E-state index in [0.717, 1.165) is 54.7 Å². The van der Waals surface area contributed by atoms with Crippen molar-refractivity contribution in [2.75, 3.05) is 5.32 Å². The Bertz CT molecular complexity index is 1060. The summed E-state index contributed by atoms with van der Waals surface area (Å²) in [6.07, 6.45) is 4.98. The molecule has 4 rings (SSSR count). The minimum absolute atomic E-state index is 0.0288. The largest absolute Gasteiger partial charge is 0.384 e. The maximum atomic E-state index is 12.7. The van der Waals surface area contributed by atoms with Crippen molar-refractivity contribution in [3.05, 3.63) is 39.4 Å². The zero-order valence-electron chi connectivity index (χ0n) is 15.2. The molecule has 9 heteroatoms. The molecule has 2 aliphatic rings. The number of nitrogens with zero attached hydrogens (tertiary/aromatic N) is 2. The van der Waals surface area contributed by atoms with E-state index in [-0.39, 0.29) is 4.34 Å². The number of fused-ring (bicyclic) bond motifs is 2. The summed E-state index contributed by atoms with van der Waals surface area (Å²) in [6, 6.07) is 1.52. The van der Waals surface area contributed by atoms with E-state index in [1.807, 2.05) is 0 Å². The highest BCUT2D eigenvalue weighted by atomic mass is 32.2. The molecule has 0 saturated heterocycles. The predicted molar refractivity (Wildman–Crippen MR) is 105 cm³/mol. The Balaban J connectivity index is 1.63. The van der Waals surface area contributed by atoms with E-state index in [9.17, 15) is 14.1 Å². The molecule has 0 saturated carbocycles. The number of anilines is 1. The first-order valence-electron chi connectivity index (χ1n) is 8.86. The SMILES string of the molecule is CC(C)(O)c1csc([S@](N)(=O)=NC(=O)Nc2c3c(cc4c2CC4)CCC3)n1. The molecule has 0 fully saturated rings. The van der Waals surface area contributed by atoms with Gasteiger partial charge in [0.05, 0.1) is 5.69 Å². The number of thiazole rings is 1. The fourth-order valence-corrected chi connectivity index (χ4v) is 5.67. The van der Waals surface area contributed by atoms with E-state index in [2.05, 4.69) is 20.7 Å². The van der Waals surface area contributed by atoms with Crippen LogP contribution in [0.2, 0.25) is 0 Å². The number of nitrogens with two attached hydrogens (primary N) is 1. The Hall–Kier alpha value is -1.81. The van der Waals surface area contributed by atoms with E-state index in [1.165, 1.54) is 16.7 Å². The Morgan fingerprint density at radius 2 is 2.00 bits per heavy atom. The van der Waals surface area contributed by atoms with Crippen LogP contribution in [0.25, 0.3) is 0 Å². The van der Waals surface area contributed by atoms with Gasteiger partial charge in [0.2, 0.25) is 4.34 Å². The molecule has 1 aromatic heterocycles. The van der Waals surface area contributed by atoms with Crippen LogP contribution in [0.3, 0.4) is 0 Å². The van der Waals surface area contributed by atoms with E-state index in [4.69, 9.17) is 5.14 Å². The lowest BCUT2D eigenvalue weighted by Crippen LogP contribution is -2.21. The molecule has 2 aliphatic carbocycles. The van der Waals surface area contributed by atoms with Crippen LogP contribution in [0.15, 0.2) is 20.1 Å². The Labute approximate surface area is 162 Å². The Morgan fingerprint density at radius 1 is 1.30 bits per heavy atom. The zero-order valence-corrected chi connectivity index (χ0v) is 16.9. The van der Waals surface area contributed by atoms with Crippen LogP contribution < -0.4 is 10.5 Å². The lowest BCUT2D eigenvalue weighted by Gasteiger charge is -2.25. The number of nitrogens with one attached hydrogen (secondary N) is 1. The molecular weight excluding hydrogens is 384 g/mol. The predicted octanol–water partition coefficient (Wildman–Crippen LogP) is 2.89. The Morgan fingerprint density at radius 3 is 2.63 bits per heavy atom. The lowest BCUT2D eigenvalue weighted by molar-refractivity contribution is 0.0741. The highest BCUT2D eigenvalue weighted by molar-refractivity contribution is 7.93. The maximum Gasteiger partial charge on any atom is 0.354 e. The molecule has 2 amide bonds. The summed E-state index contributed by atoms with van der Waals surface area (Å²) in [4.78, 5) is 16.6. The van der Waals surface area contributed by atoms with E-state index in [0.29, 0.717) is 5.69 Å². The fraction of sp³-hybridized carbons (Fsp3) is 0.444. The number of benzene rings is 1. The van der Waals surface area contributed by atoms with Gasteiger partial charge < -0.3 is 10.4 Å². The molecule has 1 aromatic carbocycles. The number of urea groups is 1. The minimum Gasteiger partial charge on any atom is -0.384 e. The molecule has 2 aromatic rings. The lowest BCUT2D eigenvalue weighted by atomic mass is 9.83. The normalized spacial score (nSPS) is 17.5. The second-order valence-corrected chi connectivity index (χ2v) is 10.4. The Kier molecular flexibility index (Phi) is 4.38. The van der Waals surface area contributed by atoms with Crippen molar-refractivity contribution in [2.24, 2.45) is 9.50 Å². The molecule has 1 atom stereocenters. The third-order valence-corrected chi connectivity index (χ3v) is 7.72. The van der Waals surface area contributed by atoms with Gasteiger partial charge in [0.15, 0.2) is 9.92 Å². The smallest absolute Gasteiger partial charge is 0.354 e. The second-order valence-electron chi connectivity index (χ2n) is 7.53. The summed E-state index contributed by atoms with van der Waals surface area (Å²) in [7, 11) is -3.48. The summed E-state index contributed by atoms with van der Waals surface area (Å²) in [5, 5.41) is 20.2. The molecule has 1 heterocycles. The van der Waals surface area contributed by atoms with Crippen molar-refractivity contribution in [3.8, 4) is 0 Å². The van der Waals surface area contributed by atoms with Gasteiger partial charge in [0.25, 0.3) is 0 Å². The average Bonchev–Trinajstić information content (AvgIpc) is 3.18. The molecule has 0 bridgehead atoms. The van der Waals surface area contributed by atoms with Crippen LogP contribution in [0, 0.1) is 0 Å². The van der Waals surface area contributed by atoms with Crippen LogP contribution in [0.1, 0.15) is 48.2 Å². The number of carbonyl (C=O) groups excluding carboxylic acids is 1. The van der Waals surface area contributed by atoms with Gasteiger partial charge in [0, 0.05) is 11.1 Å². The molecule has 0 radical (unpaired) electrons. The molecule has 7 nitrogen and oxygen atoms in total. The monoisotopic (exact) mass is 406 g/mol. The third kappa shape index (κ3) is 3.40. The van der Waals surface area contributed by atoms with Crippen molar-refractivity contribution in [1.82, 2.24) is 4.98 Å². The number of amides is 2. The number of aryl methyl sites for hydroxylation is 2. The van der Waals surface area contributed by atoms with Gasteiger partial charge >= 0.3 is 6.03 Å². The van der Waals surface area contributed by atoms with Crippen molar-refractivity contribution in [2.45, 2.75) is 55.9 Å². The van der Waals surface area contributed by atoms with Gasteiger partial charge in [-0.15, -0.1) is 15.7 Å². The van der Waals surface area contributed by atoms with Gasteiger partial charge in [-0.2, -0.15) is 0 Å². The second kappa shape index (κ2) is 6.37. The highest BCUT2D eigenvalue weighted by Gasteiger charge is 2.27. The van der Waals surface area contributed by atoms with E-state index < -0.39 is 21.5 Å². The van der Waals surface area contributed by atoms with Crippen molar-refractivity contribution in [1.29, 1.82) is 0 Å². The van der Waals surface area contributed by atoms with Crippen molar-refractivity contribution < 1.29 is 14.1 Å². The molecule has 0 spiro atoms. The van der Waals surface area contributed by atoms with Gasteiger partial charge in [-0.05, 0) is 68.2 Å². The summed E-state index contributed by atoms with van der Waals surface area (Å²) in [5.41, 5.74) is 4.87. The summed E-state index contributed by atoms with van der Waals surface area (Å²) in [5.74, 6) is 0. The molecule has 0 unspecified atom stereocenters. The first-order chi connectivity index (χ1) is 12.6. The van der Waals surface area contributed by atoms with Crippen molar-refractivity contribution >= 4 is 33.0 Å². The van der Waals surface area contributed by atoms with Gasteiger partial charge in [0.1, 0.15) is 5.60 Å². The molecule has 0 aliphatic heterocycles. The number of rotatable bonds is 3. The van der Waals surface area contributed by atoms with E-state index in [1.54, 1.807) is 19.2 Å². The van der Waals surface area contributed by atoms with Crippen LogP contribution in [0.4, 0.5) is 10.5 Å². The minimum atomic E-state index is -3.48. The summed E-state index contributed by atoms with van der Waals surface area (Å²) >= 11 is 1.02. The maximum absolute atomic E-state index is 12.7. The van der Waals surface area contributed by atoms with Crippen LogP contribution in [-0.4, -0.2) is 20.3 Å². The topological polar surface area (TPSA) is 118 Å². The van der Waals surface area contributed by atoms with Gasteiger partial charge in [-0.3, -0.25) is 0 Å².